The number of hydrogen-bond donors (Lipinski definition) is 3. The van der Waals surface area contributed by atoms with Gasteiger partial charge in [0.05, 0.1) is 11.3 Å². The van der Waals surface area contributed by atoms with Gasteiger partial charge in [-0.3, -0.25) is 0 Å². The Morgan fingerprint density at radius 2 is 2.33 bits per heavy atom. The van der Waals surface area contributed by atoms with Crippen molar-refractivity contribution in [2.75, 3.05) is 11.1 Å². The number of anilines is 2. The van der Waals surface area contributed by atoms with Crippen LogP contribution in [0.2, 0.25) is 0 Å². The van der Waals surface area contributed by atoms with Crippen LogP contribution in [0.4, 0.5) is 11.5 Å². The minimum absolute atomic E-state index is 0.274. The fourth-order valence-electron chi connectivity index (χ4n) is 1.87. The van der Waals surface area contributed by atoms with Gasteiger partial charge in [0.15, 0.2) is 0 Å². The van der Waals surface area contributed by atoms with Crippen molar-refractivity contribution in [1.29, 1.82) is 0 Å². The fourth-order valence-corrected chi connectivity index (χ4v) is 2.22. The third-order valence-corrected chi connectivity index (χ3v) is 3.03. The number of hydrogen-bond acceptors (Lipinski definition) is 4. The molecule has 0 bridgehead atoms. The molecular formula is C10H14BrN3O. The smallest absolute Gasteiger partial charge is 0.149 e. The zero-order valence-corrected chi connectivity index (χ0v) is 10.1. The maximum atomic E-state index is 9.58. The molecule has 2 rings (SSSR count). The normalized spacial score (nSPS) is 29.7. The molecule has 1 fully saturated rings. The zero-order chi connectivity index (χ0) is 11.1. The number of rotatable bonds is 2. The molecule has 15 heavy (non-hydrogen) atoms. The van der Waals surface area contributed by atoms with Crippen molar-refractivity contribution in [3.63, 3.8) is 0 Å². The predicted molar refractivity (Wildman–Crippen MR) is 63.6 cm³/mol. The Balaban J connectivity index is 2.00. The van der Waals surface area contributed by atoms with E-state index in [2.05, 4.69) is 26.2 Å². The van der Waals surface area contributed by atoms with Gasteiger partial charge in [-0.2, -0.15) is 0 Å². The van der Waals surface area contributed by atoms with Gasteiger partial charge in [0, 0.05) is 16.7 Å². The molecule has 0 atom stereocenters. The average Bonchev–Trinajstić information content (AvgIpc) is 2.06. The van der Waals surface area contributed by atoms with Crippen molar-refractivity contribution in [3.8, 4) is 0 Å². The van der Waals surface area contributed by atoms with Crippen molar-refractivity contribution in [3.05, 3.63) is 16.7 Å². The summed E-state index contributed by atoms with van der Waals surface area (Å²) in [5.74, 6) is 0.693. The van der Waals surface area contributed by atoms with Crippen LogP contribution in [0.1, 0.15) is 19.8 Å². The molecular weight excluding hydrogens is 258 g/mol. The number of aromatic nitrogens is 1. The van der Waals surface area contributed by atoms with Gasteiger partial charge in [0.25, 0.3) is 0 Å². The lowest BCUT2D eigenvalue weighted by Gasteiger charge is -2.41. The van der Waals surface area contributed by atoms with Gasteiger partial charge in [0.1, 0.15) is 5.82 Å². The number of nitrogens with zero attached hydrogens (tertiary/aromatic N) is 1. The first kappa shape index (κ1) is 10.7. The minimum atomic E-state index is -0.526. The molecule has 1 aromatic rings. The molecule has 4 N–H and O–H groups in total. The topological polar surface area (TPSA) is 71.2 Å². The minimum Gasteiger partial charge on any atom is -0.396 e. The van der Waals surface area contributed by atoms with Crippen LogP contribution in [0, 0.1) is 0 Å². The monoisotopic (exact) mass is 271 g/mol. The average molecular weight is 272 g/mol. The third-order valence-electron chi connectivity index (χ3n) is 2.60. The van der Waals surface area contributed by atoms with Crippen LogP contribution < -0.4 is 11.1 Å². The highest BCUT2D eigenvalue weighted by atomic mass is 79.9. The summed E-state index contributed by atoms with van der Waals surface area (Å²) in [4.78, 5) is 4.18. The van der Waals surface area contributed by atoms with Gasteiger partial charge in [-0.1, -0.05) is 0 Å². The van der Waals surface area contributed by atoms with Crippen LogP contribution in [0.15, 0.2) is 16.7 Å². The first-order valence-electron chi connectivity index (χ1n) is 4.86. The van der Waals surface area contributed by atoms with Crippen molar-refractivity contribution in [2.24, 2.45) is 0 Å². The summed E-state index contributed by atoms with van der Waals surface area (Å²) in [6.07, 6.45) is 3.18. The van der Waals surface area contributed by atoms with E-state index in [1.54, 1.807) is 6.20 Å². The summed E-state index contributed by atoms with van der Waals surface area (Å²) >= 11 is 3.30. The number of nitrogens with two attached hydrogens (primary N) is 1. The van der Waals surface area contributed by atoms with Gasteiger partial charge >= 0.3 is 0 Å². The van der Waals surface area contributed by atoms with E-state index in [1.165, 1.54) is 0 Å². The summed E-state index contributed by atoms with van der Waals surface area (Å²) in [7, 11) is 0. The van der Waals surface area contributed by atoms with E-state index in [-0.39, 0.29) is 6.04 Å². The van der Waals surface area contributed by atoms with Gasteiger partial charge in [-0.05, 0) is 41.8 Å². The molecule has 1 aromatic heterocycles. The Bertz CT molecular complexity index is 373. The molecule has 0 unspecified atom stereocenters. The number of aliphatic hydroxyl groups is 1. The van der Waals surface area contributed by atoms with Gasteiger partial charge in [-0.15, -0.1) is 0 Å². The number of nitrogen functional groups attached to an aromatic ring is 1. The summed E-state index contributed by atoms with van der Waals surface area (Å²) < 4.78 is 0.867. The van der Waals surface area contributed by atoms with Crippen molar-refractivity contribution in [2.45, 2.75) is 31.4 Å². The van der Waals surface area contributed by atoms with E-state index in [1.807, 2.05) is 13.0 Å². The van der Waals surface area contributed by atoms with Crippen LogP contribution in [0.25, 0.3) is 0 Å². The second-order valence-electron chi connectivity index (χ2n) is 4.34. The first-order valence-corrected chi connectivity index (χ1v) is 5.65. The molecule has 1 heterocycles. The molecule has 0 radical (unpaired) electrons. The Morgan fingerprint density at radius 1 is 1.67 bits per heavy atom. The fraction of sp³-hybridized carbons (Fsp3) is 0.500. The van der Waals surface area contributed by atoms with Crippen LogP contribution >= 0.6 is 15.9 Å². The number of nitrogens with one attached hydrogen (secondary N) is 1. The SMILES string of the molecule is CC1(O)CC(Nc2ncc(Br)cc2N)C1. The summed E-state index contributed by atoms with van der Waals surface area (Å²) in [5, 5.41) is 12.8. The largest absolute Gasteiger partial charge is 0.396 e. The highest BCUT2D eigenvalue weighted by Gasteiger charge is 2.38. The molecule has 1 saturated carbocycles. The lowest BCUT2D eigenvalue weighted by atomic mass is 9.77. The van der Waals surface area contributed by atoms with Gasteiger partial charge < -0.3 is 16.2 Å². The van der Waals surface area contributed by atoms with E-state index in [4.69, 9.17) is 5.73 Å². The maximum Gasteiger partial charge on any atom is 0.149 e. The van der Waals surface area contributed by atoms with Crippen molar-refractivity contribution in [1.82, 2.24) is 4.98 Å². The van der Waals surface area contributed by atoms with Crippen molar-refractivity contribution < 1.29 is 5.11 Å². The molecule has 0 aromatic carbocycles. The summed E-state index contributed by atoms with van der Waals surface area (Å²) in [6, 6.07) is 2.09. The maximum absolute atomic E-state index is 9.58. The van der Waals surface area contributed by atoms with E-state index >= 15 is 0 Å². The molecule has 1 aliphatic carbocycles. The van der Waals surface area contributed by atoms with Crippen molar-refractivity contribution >= 4 is 27.4 Å². The molecule has 0 aliphatic heterocycles. The van der Waals surface area contributed by atoms with E-state index in [0.29, 0.717) is 11.5 Å². The van der Waals surface area contributed by atoms with E-state index in [9.17, 15) is 5.11 Å². The molecule has 5 heteroatoms. The molecule has 0 amide bonds. The molecule has 0 saturated heterocycles. The lowest BCUT2D eigenvalue weighted by molar-refractivity contribution is -0.0235. The Hall–Kier alpha value is -0.810. The van der Waals surface area contributed by atoms with Gasteiger partial charge in [-0.25, -0.2) is 4.98 Å². The predicted octanol–water partition coefficient (Wildman–Crippen LogP) is 1.75. The van der Waals surface area contributed by atoms with Crippen LogP contribution in [-0.2, 0) is 0 Å². The second kappa shape index (κ2) is 3.64. The Labute approximate surface area is 97.0 Å². The van der Waals surface area contributed by atoms with Crippen LogP contribution in [0.3, 0.4) is 0 Å². The molecule has 4 nitrogen and oxygen atoms in total. The standard InChI is InChI=1S/C10H14BrN3O/c1-10(15)3-7(4-10)14-9-8(12)2-6(11)5-13-9/h2,5,7,15H,3-4,12H2,1H3,(H,13,14). The zero-order valence-electron chi connectivity index (χ0n) is 8.50. The Morgan fingerprint density at radius 3 is 2.87 bits per heavy atom. The summed E-state index contributed by atoms with van der Waals surface area (Å²) in [5.41, 5.74) is 5.89. The van der Waals surface area contributed by atoms with E-state index in [0.717, 1.165) is 17.3 Å². The molecule has 1 aliphatic rings. The Kier molecular flexibility index (Phi) is 2.60. The highest BCUT2D eigenvalue weighted by Crippen LogP contribution is 2.34. The van der Waals surface area contributed by atoms with Crippen LogP contribution in [-0.4, -0.2) is 21.7 Å². The quantitative estimate of drug-likeness (QED) is 0.767. The third kappa shape index (κ3) is 2.41. The highest BCUT2D eigenvalue weighted by molar-refractivity contribution is 9.10. The summed E-state index contributed by atoms with van der Waals surface area (Å²) in [6.45, 7) is 1.84. The first-order chi connectivity index (χ1) is 6.96. The molecule has 0 spiro atoms. The second-order valence-corrected chi connectivity index (χ2v) is 5.25. The molecule has 82 valence electrons. The number of halogens is 1. The van der Waals surface area contributed by atoms with Crippen LogP contribution in [0.5, 0.6) is 0 Å². The lowest BCUT2D eigenvalue weighted by Crippen LogP contribution is -2.48. The van der Waals surface area contributed by atoms with Gasteiger partial charge in [0.2, 0.25) is 0 Å². The van der Waals surface area contributed by atoms with E-state index < -0.39 is 5.60 Å². The number of pyridine rings is 1.